The van der Waals surface area contributed by atoms with Crippen molar-refractivity contribution < 1.29 is 18.3 Å². The summed E-state index contributed by atoms with van der Waals surface area (Å²) in [4.78, 5) is 19.4. The van der Waals surface area contributed by atoms with Crippen molar-refractivity contribution in [2.45, 2.75) is 185 Å². The molecule has 4 aliphatic heterocycles. The van der Waals surface area contributed by atoms with E-state index in [0.29, 0.717) is 0 Å². The molecule has 18 aromatic rings. The molecule has 0 N–H and O–H groups in total. The fourth-order valence-electron chi connectivity index (χ4n) is 26.3. The van der Waals surface area contributed by atoms with Crippen LogP contribution in [0.4, 0.5) is 11.4 Å². The van der Waals surface area contributed by atoms with Crippen molar-refractivity contribution in [3.63, 3.8) is 0 Å². The molecule has 8 heterocycles. The number of hydrogen-bond acceptors (Lipinski definition) is 8. The molecule has 8 atom stereocenters. The first kappa shape index (κ1) is 103. The number of hydrogen-bond donors (Lipinski definition) is 0. The molecule has 22 rings (SSSR count). The lowest BCUT2D eigenvalue weighted by atomic mass is 9.81. The molecule has 0 aliphatic carbocycles. The summed E-state index contributed by atoms with van der Waals surface area (Å²) in [6, 6.07) is 111. The van der Waals surface area contributed by atoms with Gasteiger partial charge in [0.05, 0.1) is 78.3 Å². The Labute approximate surface area is 891 Å². The van der Waals surface area contributed by atoms with Gasteiger partial charge in [0.15, 0.2) is 55.3 Å². The van der Waals surface area contributed by atoms with Gasteiger partial charge >= 0.3 is 0 Å². The van der Waals surface area contributed by atoms with E-state index in [1.165, 1.54) is 213 Å². The zero-order valence-corrected chi connectivity index (χ0v) is 94.0. The van der Waals surface area contributed by atoms with Gasteiger partial charge in [-0.2, -0.15) is 9.13 Å². The Hall–Kier alpha value is -15.7. The van der Waals surface area contributed by atoms with Gasteiger partial charge in [0.2, 0.25) is 0 Å². The summed E-state index contributed by atoms with van der Waals surface area (Å²) in [6.07, 6.45) is 18.4. The van der Waals surface area contributed by atoms with E-state index in [-0.39, 0.29) is 30.2 Å². The van der Waals surface area contributed by atoms with Gasteiger partial charge in [0.25, 0.3) is 23.3 Å². The van der Waals surface area contributed by atoms with Crippen LogP contribution < -0.4 is 28.1 Å². The highest BCUT2D eigenvalue weighted by Gasteiger charge is 2.57. The lowest BCUT2D eigenvalue weighted by Crippen LogP contribution is -2.57. The molecule has 16 heteroatoms. The van der Waals surface area contributed by atoms with Crippen molar-refractivity contribution in [1.82, 2.24) is 47.7 Å². The van der Waals surface area contributed by atoms with Crippen LogP contribution in [0.25, 0.3) is 89.0 Å². The Morgan fingerprint density at radius 1 is 0.247 bits per heavy atom. The molecular formula is C134H152N16+4. The van der Waals surface area contributed by atoms with Gasteiger partial charge in [0.1, 0.15) is 23.8 Å². The number of nitrogens with zero attached hydrogens (tertiary/aromatic N) is 16. The Bertz CT molecular complexity index is 8210. The third-order valence-electron chi connectivity index (χ3n) is 34.5. The number of aromatic nitrogens is 8. The minimum atomic E-state index is -0.578. The Morgan fingerprint density at radius 3 is 0.840 bits per heavy atom. The Kier molecular flexibility index (Phi) is 27.7. The lowest BCUT2D eigenvalue weighted by molar-refractivity contribution is -0.683. The number of rotatable bonds is 18. The topological polar surface area (TPSA) is 61.2 Å². The summed E-state index contributed by atoms with van der Waals surface area (Å²) in [6.45, 7) is 45.7. The fraction of sp³-hybridized carbons (Fsp3) is 0.284. The minimum absolute atomic E-state index is 0.110. The van der Waals surface area contributed by atoms with Gasteiger partial charge < -0.3 is 39.2 Å². The van der Waals surface area contributed by atoms with Gasteiger partial charge in [-0.05, 0) is 321 Å². The van der Waals surface area contributed by atoms with Crippen LogP contribution in [0.1, 0.15) is 168 Å². The smallest absolute Gasteiger partial charge is 0.293 e. The van der Waals surface area contributed by atoms with E-state index < -0.39 is 16.6 Å². The van der Waals surface area contributed by atoms with Crippen LogP contribution in [0.2, 0.25) is 0 Å². The molecule has 0 radical (unpaired) electrons. The molecule has 4 aliphatic rings. The molecule has 4 aromatic heterocycles. The second-order valence-corrected chi connectivity index (χ2v) is 43.2. The summed E-state index contributed by atoms with van der Waals surface area (Å²) in [5.41, 5.74) is 41.6. The standard InChI is InChI=1S/C41H43N4.C37H41N4.C30H35N4.C26H33N4/c1-27-17-9-10-20-32(27)33-21-16-22-34(30(33)4)41(6,45-31(5)42(7)36-24-12-14-26-38(36)45)40-43(8)35-23-11-13-25-37(35)44(40)39-28(2)18-15-19-29(39)3;1-25-15-9-10-18-30(25)31-19-14-20-32(28(31)4)37(6,40-24-23-38(7)29(40)5)36-39(8)33-21-11-12-22-34(33)41(36)35-26(2)16-13-17-27(35)3;1-21-13-8-9-14-24(21)25-15-12-16-26(22(25)2)30(4,34-20-19-31(5)23(34)3)29-32(6)27-17-10-11-18-28(27)33(29)7;1-19-11-8-9-12-22(19)23-13-10-14-24(20(23)2)26(4,25-28(6)15-16-29(25)7)30-18-17-27(5)21(30)3/h9-26,31H,1-8H3;9-24,29H,1-8H3;8-20,23H,1-7H3;8-18,21H,1-7H3/q4*+1/t31-,41?;29-,37?;23-,30?;21-,26?/m0000/s1. The summed E-state index contributed by atoms with van der Waals surface area (Å²) in [5, 5.41) is 0. The van der Waals surface area contributed by atoms with Crippen LogP contribution in [-0.4, -0.2) is 101 Å². The molecule has 0 bridgehead atoms. The SMILES string of the molecule is Cc1ccccc1-c1cccc(C(C)(c2n(-c3c(C)cccc3C)c3ccccc3[n+]2C)N2C=CN(C)[C@@H]2C)c1C.Cc1ccccc1-c1cccc(C(C)(c2n(-c3c(C)cccc3C)c3ccccc3[n+]2C)N2c3ccccc3N(C)[C@@H]2C)c1C.Cc1ccccc1-c1cccc(C(C)(c2n(C)c3ccccc3[n+]2C)N2C=CN(C)[C@@H]2C)c1C.Cc1ccccc1-c1cccc(C(C)(c2n(C)cc[n+]2C)N2C=CN(C)[C@@H]2C)c1C. The molecule has 0 amide bonds. The van der Waals surface area contributed by atoms with E-state index in [9.17, 15) is 0 Å². The molecular weight excluding hydrogens is 1830 g/mol. The molecule has 764 valence electrons. The molecule has 4 unspecified atom stereocenters. The quantitative estimate of drug-likeness (QED) is 0.0788. The second-order valence-electron chi connectivity index (χ2n) is 43.2. The van der Waals surface area contributed by atoms with Gasteiger partial charge in [-0.15, -0.1) is 0 Å². The predicted octanol–water partition coefficient (Wildman–Crippen LogP) is 26.7. The molecule has 16 nitrogen and oxygen atoms in total. The summed E-state index contributed by atoms with van der Waals surface area (Å²) >= 11 is 0. The maximum atomic E-state index is 2.66. The molecule has 150 heavy (non-hydrogen) atoms. The van der Waals surface area contributed by atoms with Crippen LogP contribution in [0, 0.1) is 83.1 Å². The normalized spacial score (nSPS) is 16.9. The van der Waals surface area contributed by atoms with Crippen LogP contribution >= 0.6 is 0 Å². The highest BCUT2D eigenvalue weighted by atomic mass is 15.5. The molecule has 0 fully saturated rings. The first-order valence-corrected chi connectivity index (χ1v) is 53.2. The zero-order chi connectivity index (χ0) is 106. The third-order valence-corrected chi connectivity index (χ3v) is 34.5. The number of para-hydroxylation sites is 10. The lowest BCUT2D eigenvalue weighted by Gasteiger charge is -2.43. The average molecular weight is 1990 g/mol. The number of fused-ring (bicyclic) bond motifs is 4. The monoisotopic (exact) mass is 1990 g/mol. The number of benzene rings is 14. The van der Waals surface area contributed by atoms with Crippen molar-refractivity contribution in [3.05, 3.63) is 465 Å². The van der Waals surface area contributed by atoms with Crippen molar-refractivity contribution in [1.29, 1.82) is 0 Å². The van der Waals surface area contributed by atoms with E-state index >= 15 is 0 Å². The highest BCUT2D eigenvalue weighted by molar-refractivity contribution is 5.85. The van der Waals surface area contributed by atoms with Crippen molar-refractivity contribution in [2.75, 3.05) is 38.0 Å². The molecule has 0 spiro atoms. The van der Waals surface area contributed by atoms with E-state index in [1.807, 2.05) is 0 Å². The highest BCUT2D eigenvalue weighted by Crippen LogP contribution is 2.54. The van der Waals surface area contributed by atoms with Crippen molar-refractivity contribution in [2.24, 2.45) is 42.3 Å². The number of aryl methyl sites for hydroxylation is 14. The maximum Gasteiger partial charge on any atom is 0.293 e. The number of imidazole rings is 4. The minimum Gasteiger partial charge on any atom is -0.359 e. The summed E-state index contributed by atoms with van der Waals surface area (Å²) in [5.74, 6) is 4.96. The Balaban J connectivity index is 0.000000127. The van der Waals surface area contributed by atoms with Gasteiger partial charge in [-0.1, -0.05) is 255 Å². The van der Waals surface area contributed by atoms with E-state index in [4.69, 9.17) is 0 Å². The van der Waals surface area contributed by atoms with E-state index in [0.717, 1.165) is 0 Å². The zero-order valence-electron chi connectivity index (χ0n) is 94.0. The first-order chi connectivity index (χ1) is 71.8. The molecule has 14 aromatic carbocycles. The van der Waals surface area contributed by atoms with Crippen LogP contribution in [0.5, 0.6) is 0 Å². The second kappa shape index (κ2) is 40.4. The average Bonchev–Trinajstić information content (AvgIpc) is 1.53. The largest absolute Gasteiger partial charge is 0.359 e. The number of anilines is 2. The van der Waals surface area contributed by atoms with Crippen LogP contribution in [0.15, 0.2) is 353 Å². The fourth-order valence-corrected chi connectivity index (χ4v) is 26.3. The molecule has 0 saturated carbocycles. The van der Waals surface area contributed by atoms with Gasteiger partial charge in [-0.25, -0.2) is 27.4 Å². The summed E-state index contributed by atoms with van der Waals surface area (Å²) < 4.78 is 19.2. The predicted molar refractivity (Wildman–Crippen MR) is 621 cm³/mol. The van der Waals surface area contributed by atoms with E-state index in [1.54, 1.807) is 0 Å². The third kappa shape index (κ3) is 16.8. The Morgan fingerprint density at radius 2 is 0.513 bits per heavy atom. The first-order valence-electron chi connectivity index (χ1n) is 53.2. The molecule has 0 saturated heterocycles. The van der Waals surface area contributed by atoms with Crippen LogP contribution in [0.3, 0.4) is 0 Å². The van der Waals surface area contributed by atoms with E-state index in [2.05, 4.69) is 638 Å². The van der Waals surface area contributed by atoms with Crippen LogP contribution in [-0.2, 0) is 64.4 Å². The van der Waals surface area contributed by atoms with Gasteiger partial charge in [0, 0.05) is 65.4 Å². The van der Waals surface area contributed by atoms with Crippen molar-refractivity contribution in [3.8, 4) is 55.9 Å². The summed E-state index contributed by atoms with van der Waals surface area (Å²) in [7, 11) is 21.8. The maximum absolute atomic E-state index is 2.66. The van der Waals surface area contributed by atoms with Crippen molar-refractivity contribution >= 4 is 44.5 Å². The van der Waals surface area contributed by atoms with Gasteiger partial charge in [-0.3, -0.25) is 0 Å².